The molecular formula is C17H13BrFN3O2S2. The number of nitrogens with zero attached hydrogens (tertiary/aromatic N) is 1. The lowest BCUT2D eigenvalue weighted by molar-refractivity contribution is 0.0850. The molecule has 0 saturated carbocycles. The number of carbonyl (C=O) groups is 2. The van der Waals surface area contributed by atoms with Crippen LogP contribution < -0.4 is 10.9 Å². The quantitative estimate of drug-likeness (QED) is 0.584. The predicted molar refractivity (Wildman–Crippen MR) is 103 cm³/mol. The maximum Gasteiger partial charge on any atom is 0.281 e. The van der Waals surface area contributed by atoms with Crippen LogP contribution in [-0.2, 0) is 6.42 Å². The number of carbonyl (C=O) groups excluding carboxylic acids is 2. The summed E-state index contributed by atoms with van der Waals surface area (Å²) in [6, 6.07) is 9.57. The molecule has 0 atom stereocenters. The van der Waals surface area contributed by atoms with Gasteiger partial charge in [-0.1, -0.05) is 12.1 Å². The van der Waals surface area contributed by atoms with Crippen LogP contribution in [0.25, 0.3) is 0 Å². The summed E-state index contributed by atoms with van der Waals surface area (Å²) < 4.78 is 13.8. The van der Waals surface area contributed by atoms with E-state index in [0.717, 1.165) is 14.4 Å². The third kappa shape index (κ3) is 4.54. The molecule has 2 amide bonds. The highest BCUT2D eigenvalue weighted by Gasteiger charge is 2.17. The molecule has 2 N–H and O–H groups in total. The molecule has 5 nitrogen and oxygen atoms in total. The fraction of sp³-hybridized carbons (Fsp3) is 0.118. The molecule has 9 heteroatoms. The van der Waals surface area contributed by atoms with Gasteiger partial charge in [0.25, 0.3) is 11.8 Å². The van der Waals surface area contributed by atoms with Crippen LogP contribution in [0.1, 0.15) is 35.6 Å². The van der Waals surface area contributed by atoms with Crippen LogP contribution in [-0.4, -0.2) is 16.8 Å². The maximum absolute atomic E-state index is 13.0. The number of rotatable bonds is 4. The molecule has 0 unspecified atom stereocenters. The molecule has 0 radical (unpaired) electrons. The van der Waals surface area contributed by atoms with E-state index in [1.807, 2.05) is 0 Å². The smallest absolute Gasteiger partial charge is 0.266 e. The number of halogens is 2. The van der Waals surface area contributed by atoms with E-state index >= 15 is 0 Å². The summed E-state index contributed by atoms with van der Waals surface area (Å²) >= 11 is 5.80. The maximum atomic E-state index is 13.0. The minimum Gasteiger partial charge on any atom is -0.266 e. The van der Waals surface area contributed by atoms with Crippen LogP contribution in [0.15, 0.2) is 40.2 Å². The van der Waals surface area contributed by atoms with Gasteiger partial charge in [-0.2, -0.15) is 0 Å². The molecule has 0 aliphatic rings. The fourth-order valence-corrected chi connectivity index (χ4v) is 4.46. The van der Waals surface area contributed by atoms with Crippen molar-refractivity contribution in [2.75, 3.05) is 0 Å². The van der Waals surface area contributed by atoms with Crippen molar-refractivity contribution < 1.29 is 14.0 Å². The number of hydrogen-bond donors (Lipinski definition) is 2. The fourth-order valence-electron chi connectivity index (χ4n) is 2.18. The Morgan fingerprint density at radius 2 is 1.77 bits per heavy atom. The van der Waals surface area contributed by atoms with E-state index < -0.39 is 5.91 Å². The second-order valence-corrected chi connectivity index (χ2v) is 8.88. The molecule has 134 valence electrons. The van der Waals surface area contributed by atoms with Gasteiger partial charge in [0.05, 0.1) is 19.4 Å². The highest BCUT2D eigenvalue weighted by molar-refractivity contribution is 9.11. The summed E-state index contributed by atoms with van der Waals surface area (Å²) in [6.45, 7) is 1.73. The Bertz CT molecular complexity index is 953. The van der Waals surface area contributed by atoms with Gasteiger partial charge in [0.15, 0.2) is 0 Å². The molecule has 0 fully saturated rings. The highest BCUT2D eigenvalue weighted by atomic mass is 79.9. The lowest BCUT2D eigenvalue weighted by Gasteiger charge is -2.04. The average molecular weight is 454 g/mol. The Morgan fingerprint density at radius 3 is 2.42 bits per heavy atom. The van der Waals surface area contributed by atoms with Gasteiger partial charge in [0, 0.05) is 6.42 Å². The lowest BCUT2D eigenvalue weighted by atomic mass is 10.1. The van der Waals surface area contributed by atoms with Crippen molar-refractivity contribution in [2.24, 2.45) is 0 Å². The normalized spacial score (nSPS) is 10.6. The molecule has 26 heavy (non-hydrogen) atoms. The minimum atomic E-state index is -0.422. The number of hydrogen-bond acceptors (Lipinski definition) is 5. The second kappa shape index (κ2) is 8.07. The zero-order valence-electron chi connectivity index (χ0n) is 13.5. The van der Waals surface area contributed by atoms with E-state index in [1.54, 1.807) is 31.2 Å². The Kier molecular flexibility index (Phi) is 5.80. The number of benzene rings is 1. The Morgan fingerprint density at radius 1 is 1.08 bits per heavy atom. The Labute approximate surface area is 165 Å². The first-order valence-corrected chi connectivity index (χ1v) is 9.92. The van der Waals surface area contributed by atoms with E-state index in [-0.39, 0.29) is 11.7 Å². The van der Waals surface area contributed by atoms with Gasteiger partial charge >= 0.3 is 0 Å². The van der Waals surface area contributed by atoms with Crippen LogP contribution in [0.3, 0.4) is 0 Å². The van der Waals surface area contributed by atoms with E-state index in [9.17, 15) is 14.0 Å². The molecule has 0 aliphatic carbocycles. The summed E-state index contributed by atoms with van der Waals surface area (Å²) in [5.74, 6) is -1.10. The first-order chi connectivity index (χ1) is 12.4. The van der Waals surface area contributed by atoms with E-state index in [4.69, 9.17) is 0 Å². The topological polar surface area (TPSA) is 71.1 Å². The number of hydrazine groups is 1. The molecule has 0 spiro atoms. The minimum absolute atomic E-state index is 0.294. The number of amides is 2. The van der Waals surface area contributed by atoms with Crippen molar-refractivity contribution in [1.29, 1.82) is 0 Å². The van der Waals surface area contributed by atoms with Crippen LogP contribution in [0.4, 0.5) is 4.39 Å². The van der Waals surface area contributed by atoms with Crippen LogP contribution >= 0.6 is 38.6 Å². The number of nitrogens with one attached hydrogen (secondary N) is 2. The Balaban J connectivity index is 1.63. The predicted octanol–water partition coefficient (Wildman–Crippen LogP) is 4.08. The molecule has 0 saturated heterocycles. The lowest BCUT2D eigenvalue weighted by Crippen LogP contribution is -2.41. The van der Waals surface area contributed by atoms with Crippen LogP contribution in [0, 0.1) is 12.7 Å². The SMILES string of the molecule is Cc1nc(Cc2ccc(F)cc2)sc1C(=O)NNC(=O)c1ccc(Br)s1. The van der Waals surface area contributed by atoms with Crippen molar-refractivity contribution in [3.05, 3.63) is 72.0 Å². The summed E-state index contributed by atoms with van der Waals surface area (Å²) in [5, 5.41) is 0.743. The first-order valence-electron chi connectivity index (χ1n) is 7.49. The largest absolute Gasteiger partial charge is 0.281 e. The van der Waals surface area contributed by atoms with Gasteiger partial charge in [0.1, 0.15) is 10.7 Å². The van der Waals surface area contributed by atoms with Gasteiger partial charge in [0.2, 0.25) is 0 Å². The van der Waals surface area contributed by atoms with Crippen LogP contribution in [0.2, 0.25) is 0 Å². The third-order valence-electron chi connectivity index (χ3n) is 3.40. The van der Waals surface area contributed by atoms with Crippen molar-refractivity contribution >= 4 is 50.4 Å². The van der Waals surface area contributed by atoms with Crippen molar-refractivity contribution in [1.82, 2.24) is 15.8 Å². The zero-order valence-corrected chi connectivity index (χ0v) is 16.7. The highest BCUT2D eigenvalue weighted by Crippen LogP contribution is 2.22. The molecule has 3 rings (SSSR count). The second-order valence-electron chi connectivity index (χ2n) is 5.34. The molecular weight excluding hydrogens is 441 g/mol. The third-order valence-corrected chi connectivity index (χ3v) is 6.18. The molecule has 1 aromatic carbocycles. The molecule has 3 aromatic rings. The van der Waals surface area contributed by atoms with Gasteiger partial charge in [-0.25, -0.2) is 9.37 Å². The van der Waals surface area contributed by atoms with Gasteiger partial charge in [-0.3, -0.25) is 20.4 Å². The molecule has 2 heterocycles. The molecule has 2 aromatic heterocycles. The molecule has 0 bridgehead atoms. The van der Waals surface area contributed by atoms with Gasteiger partial charge in [-0.05, 0) is 52.7 Å². The summed E-state index contributed by atoms with van der Waals surface area (Å²) in [4.78, 5) is 29.6. The van der Waals surface area contributed by atoms with E-state index in [1.165, 1.54) is 34.8 Å². The summed E-state index contributed by atoms with van der Waals surface area (Å²) in [5.41, 5.74) is 6.28. The van der Waals surface area contributed by atoms with Gasteiger partial charge < -0.3 is 0 Å². The zero-order chi connectivity index (χ0) is 18.7. The average Bonchev–Trinajstić information content (AvgIpc) is 3.20. The number of thiazole rings is 1. The van der Waals surface area contributed by atoms with Crippen LogP contribution in [0.5, 0.6) is 0 Å². The summed E-state index contributed by atoms with van der Waals surface area (Å²) in [6.07, 6.45) is 0.509. The number of thiophene rings is 1. The van der Waals surface area contributed by atoms with Crippen molar-refractivity contribution in [3.63, 3.8) is 0 Å². The Hall–Kier alpha value is -2.10. The molecule has 0 aliphatic heterocycles. The van der Waals surface area contributed by atoms with Crippen molar-refractivity contribution in [2.45, 2.75) is 13.3 Å². The summed E-state index contributed by atoms with van der Waals surface area (Å²) in [7, 11) is 0. The van der Waals surface area contributed by atoms with E-state index in [2.05, 4.69) is 31.8 Å². The van der Waals surface area contributed by atoms with Gasteiger partial charge in [-0.15, -0.1) is 22.7 Å². The first kappa shape index (κ1) is 18.7. The number of aryl methyl sites for hydroxylation is 1. The number of aromatic nitrogens is 1. The van der Waals surface area contributed by atoms with E-state index in [0.29, 0.717) is 21.9 Å². The monoisotopic (exact) mass is 453 g/mol. The van der Waals surface area contributed by atoms with Crippen molar-refractivity contribution in [3.8, 4) is 0 Å². The standard InChI is InChI=1S/C17H13BrFN3O2S2/c1-9-15(17(24)22-21-16(23)12-6-7-13(18)25-12)26-14(20-9)8-10-2-4-11(19)5-3-10/h2-7H,8H2,1H3,(H,21,23)(H,22,24).